The monoisotopic (exact) mass is 216 g/mol. The first-order valence-corrected chi connectivity index (χ1v) is 6.10. The number of carbonyl (C=O) groups is 1. The Kier molecular flexibility index (Phi) is 4.26. The third kappa shape index (κ3) is 4.33. The molecule has 1 aliphatic rings. The number of carbonyl (C=O) groups excluding carboxylic acids is 1. The van der Waals surface area contributed by atoms with Gasteiger partial charge in [-0.15, -0.1) is 11.8 Å². The largest absolute Gasteiger partial charge is 0.339 e. The standard InChI is InChI=1S/C10H20N2OS/c1-10(2,3)14-8-9(13)12-6-4-11-5-7-12/h11H,4-8H2,1-3H3. The molecule has 1 aliphatic heterocycles. The highest BCUT2D eigenvalue weighted by Gasteiger charge is 2.19. The van der Waals surface area contributed by atoms with E-state index in [-0.39, 0.29) is 10.7 Å². The van der Waals surface area contributed by atoms with Crippen molar-refractivity contribution in [3.8, 4) is 0 Å². The first kappa shape index (κ1) is 11.9. The molecule has 1 N–H and O–H groups in total. The van der Waals surface area contributed by atoms with E-state index in [9.17, 15) is 4.79 Å². The molecular formula is C10H20N2OS. The van der Waals surface area contributed by atoms with E-state index in [0.717, 1.165) is 26.2 Å². The maximum absolute atomic E-state index is 11.7. The molecule has 0 aromatic carbocycles. The van der Waals surface area contributed by atoms with Gasteiger partial charge < -0.3 is 10.2 Å². The van der Waals surface area contributed by atoms with E-state index in [1.54, 1.807) is 11.8 Å². The lowest BCUT2D eigenvalue weighted by atomic mass is 10.3. The van der Waals surface area contributed by atoms with Crippen molar-refractivity contribution in [3.05, 3.63) is 0 Å². The average Bonchev–Trinajstić information content (AvgIpc) is 2.14. The third-order valence-electron chi connectivity index (χ3n) is 2.10. The molecule has 0 aromatic rings. The summed E-state index contributed by atoms with van der Waals surface area (Å²) in [6, 6.07) is 0. The van der Waals surface area contributed by atoms with Gasteiger partial charge in [0, 0.05) is 30.9 Å². The summed E-state index contributed by atoms with van der Waals surface area (Å²) in [6.07, 6.45) is 0. The normalized spacial score (nSPS) is 18.4. The molecule has 4 heteroatoms. The van der Waals surface area contributed by atoms with Gasteiger partial charge in [0.05, 0.1) is 5.75 Å². The molecule has 0 bridgehead atoms. The molecule has 0 aromatic heterocycles. The number of hydrogen-bond donors (Lipinski definition) is 1. The van der Waals surface area contributed by atoms with Crippen LogP contribution in [0.15, 0.2) is 0 Å². The zero-order valence-electron chi connectivity index (χ0n) is 9.30. The van der Waals surface area contributed by atoms with E-state index >= 15 is 0 Å². The van der Waals surface area contributed by atoms with Crippen LogP contribution in [0.3, 0.4) is 0 Å². The summed E-state index contributed by atoms with van der Waals surface area (Å²) in [5.74, 6) is 0.898. The zero-order chi connectivity index (χ0) is 10.6. The van der Waals surface area contributed by atoms with Gasteiger partial charge in [-0.05, 0) is 0 Å². The Hall–Kier alpha value is -0.220. The Bertz CT molecular complexity index is 195. The highest BCUT2D eigenvalue weighted by atomic mass is 32.2. The lowest BCUT2D eigenvalue weighted by molar-refractivity contribution is -0.128. The number of rotatable bonds is 2. The molecule has 1 heterocycles. The Morgan fingerprint density at radius 2 is 1.93 bits per heavy atom. The van der Waals surface area contributed by atoms with Gasteiger partial charge in [-0.3, -0.25) is 4.79 Å². The first-order valence-electron chi connectivity index (χ1n) is 5.11. The Labute approximate surface area is 90.6 Å². The topological polar surface area (TPSA) is 32.3 Å². The quantitative estimate of drug-likeness (QED) is 0.746. The molecule has 3 nitrogen and oxygen atoms in total. The van der Waals surface area contributed by atoms with E-state index in [2.05, 4.69) is 26.1 Å². The molecule has 82 valence electrons. The maximum atomic E-state index is 11.7. The summed E-state index contributed by atoms with van der Waals surface area (Å²) in [4.78, 5) is 13.7. The minimum absolute atomic E-state index is 0.184. The van der Waals surface area contributed by atoms with Crippen LogP contribution in [-0.4, -0.2) is 47.5 Å². The third-order valence-corrected chi connectivity index (χ3v) is 3.36. The Morgan fingerprint density at radius 1 is 1.36 bits per heavy atom. The predicted molar refractivity (Wildman–Crippen MR) is 61.7 cm³/mol. The van der Waals surface area contributed by atoms with E-state index in [1.807, 2.05) is 4.90 Å². The van der Waals surface area contributed by atoms with Gasteiger partial charge in [-0.25, -0.2) is 0 Å². The fourth-order valence-corrected chi connectivity index (χ4v) is 2.02. The molecule has 0 spiro atoms. The molecule has 0 aliphatic carbocycles. The zero-order valence-corrected chi connectivity index (χ0v) is 10.1. The van der Waals surface area contributed by atoms with Crippen molar-refractivity contribution in [1.82, 2.24) is 10.2 Å². The summed E-state index contributed by atoms with van der Waals surface area (Å²) in [7, 11) is 0. The summed E-state index contributed by atoms with van der Waals surface area (Å²) in [5.41, 5.74) is 0. The minimum Gasteiger partial charge on any atom is -0.339 e. The van der Waals surface area contributed by atoms with Gasteiger partial charge in [0.15, 0.2) is 0 Å². The highest BCUT2D eigenvalue weighted by Crippen LogP contribution is 2.23. The highest BCUT2D eigenvalue weighted by molar-refractivity contribution is 8.01. The number of hydrogen-bond acceptors (Lipinski definition) is 3. The number of nitrogens with zero attached hydrogens (tertiary/aromatic N) is 1. The SMILES string of the molecule is CC(C)(C)SCC(=O)N1CCNCC1. The number of thioether (sulfide) groups is 1. The van der Waals surface area contributed by atoms with Crippen LogP contribution >= 0.6 is 11.8 Å². The molecule has 1 fully saturated rings. The maximum Gasteiger partial charge on any atom is 0.232 e. The summed E-state index contributed by atoms with van der Waals surface area (Å²) in [6.45, 7) is 10.0. The van der Waals surface area contributed by atoms with Crippen LogP contribution in [0.1, 0.15) is 20.8 Å². The second-order valence-corrected chi connectivity index (χ2v) is 6.33. The second kappa shape index (κ2) is 5.03. The van der Waals surface area contributed by atoms with Crippen LogP contribution in [0.5, 0.6) is 0 Å². The van der Waals surface area contributed by atoms with Crippen LogP contribution in [0.4, 0.5) is 0 Å². The molecule has 1 amide bonds. The molecule has 1 saturated heterocycles. The van der Waals surface area contributed by atoms with Crippen molar-refractivity contribution in [2.45, 2.75) is 25.5 Å². The number of amides is 1. The van der Waals surface area contributed by atoms with E-state index in [0.29, 0.717) is 5.75 Å². The van der Waals surface area contributed by atoms with Crippen molar-refractivity contribution in [1.29, 1.82) is 0 Å². The molecule has 0 unspecified atom stereocenters. The summed E-state index contributed by atoms with van der Waals surface area (Å²) < 4.78 is 0.184. The van der Waals surface area contributed by atoms with Crippen molar-refractivity contribution < 1.29 is 4.79 Å². The van der Waals surface area contributed by atoms with Crippen LogP contribution in [-0.2, 0) is 4.79 Å². The minimum atomic E-state index is 0.184. The van der Waals surface area contributed by atoms with Crippen LogP contribution in [0.25, 0.3) is 0 Å². The van der Waals surface area contributed by atoms with Gasteiger partial charge in [0.25, 0.3) is 0 Å². The molecule has 0 radical (unpaired) electrons. The van der Waals surface area contributed by atoms with Gasteiger partial charge in [-0.1, -0.05) is 20.8 Å². The fourth-order valence-electron chi connectivity index (χ4n) is 1.28. The van der Waals surface area contributed by atoms with E-state index < -0.39 is 0 Å². The van der Waals surface area contributed by atoms with Crippen molar-refractivity contribution in [2.24, 2.45) is 0 Å². The Morgan fingerprint density at radius 3 is 2.43 bits per heavy atom. The van der Waals surface area contributed by atoms with Crippen LogP contribution < -0.4 is 5.32 Å². The molecular weight excluding hydrogens is 196 g/mol. The lowest BCUT2D eigenvalue weighted by Crippen LogP contribution is -2.47. The van der Waals surface area contributed by atoms with Crippen LogP contribution in [0.2, 0.25) is 0 Å². The Balaban J connectivity index is 2.27. The number of piperazine rings is 1. The molecule has 0 saturated carbocycles. The van der Waals surface area contributed by atoms with Crippen molar-refractivity contribution in [2.75, 3.05) is 31.9 Å². The van der Waals surface area contributed by atoms with Gasteiger partial charge >= 0.3 is 0 Å². The van der Waals surface area contributed by atoms with E-state index in [4.69, 9.17) is 0 Å². The predicted octanol–water partition coefficient (Wildman–Crippen LogP) is 0.950. The van der Waals surface area contributed by atoms with Gasteiger partial charge in [0.1, 0.15) is 0 Å². The van der Waals surface area contributed by atoms with Gasteiger partial charge in [0.2, 0.25) is 5.91 Å². The summed E-state index contributed by atoms with van der Waals surface area (Å²) in [5, 5.41) is 3.24. The van der Waals surface area contributed by atoms with Crippen molar-refractivity contribution >= 4 is 17.7 Å². The number of nitrogens with one attached hydrogen (secondary N) is 1. The summed E-state index contributed by atoms with van der Waals surface area (Å²) >= 11 is 1.72. The lowest BCUT2D eigenvalue weighted by Gasteiger charge is -2.28. The fraction of sp³-hybridized carbons (Fsp3) is 0.900. The smallest absolute Gasteiger partial charge is 0.232 e. The molecule has 14 heavy (non-hydrogen) atoms. The molecule has 1 rings (SSSR count). The van der Waals surface area contributed by atoms with E-state index in [1.165, 1.54) is 0 Å². The molecule has 0 atom stereocenters. The van der Waals surface area contributed by atoms with Crippen LogP contribution in [0, 0.1) is 0 Å². The van der Waals surface area contributed by atoms with Crippen molar-refractivity contribution in [3.63, 3.8) is 0 Å². The average molecular weight is 216 g/mol. The van der Waals surface area contributed by atoms with Gasteiger partial charge in [-0.2, -0.15) is 0 Å². The second-order valence-electron chi connectivity index (χ2n) is 4.53. The first-order chi connectivity index (χ1) is 6.49.